The van der Waals surface area contributed by atoms with Gasteiger partial charge in [-0.1, -0.05) is 20.8 Å². The van der Waals surface area contributed by atoms with E-state index in [4.69, 9.17) is 0 Å². The predicted molar refractivity (Wildman–Crippen MR) is 77.6 cm³/mol. The molecule has 0 aromatic carbocycles. The van der Waals surface area contributed by atoms with Crippen molar-refractivity contribution < 1.29 is 0 Å². The Kier molecular flexibility index (Phi) is 4.32. The molecule has 19 heavy (non-hydrogen) atoms. The summed E-state index contributed by atoms with van der Waals surface area (Å²) in [7, 11) is 0. The Morgan fingerprint density at radius 2 is 2.16 bits per heavy atom. The lowest BCUT2D eigenvalue weighted by molar-refractivity contribution is 0.684. The summed E-state index contributed by atoms with van der Waals surface area (Å²) in [6, 6.07) is 4.07. The zero-order chi connectivity index (χ0) is 13.8. The van der Waals surface area contributed by atoms with Crippen LogP contribution in [0.2, 0.25) is 0 Å². The van der Waals surface area contributed by atoms with Crippen LogP contribution in [0.4, 0.5) is 0 Å². The monoisotopic (exact) mass is 258 g/mol. The molecule has 0 saturated heterocycles. The molecule has 0 spiro atoms. The maximum absolute atomic E-state index is 4.52. The van der Waals surface area contributed by atoms with Crippen LogP contribution in [0.5, 0.6) is 0 Å². The fraction of sp³-hybridized carbons (Fsp3) is 0.467. The highest BCUT2D eigenvalue weighted by Crippen LogP contribution is 2.22. The van der Waals surface area contributed by atoms with Gasteiger partial charge in [-0.2, -0.15) is 5.10 Å². The van der Waals surface area contributed by atoms with Gasteiger partial charge in [0.1, 0.15) is 0 Å². The molecule has 0 bridgehead atoms. The van der Waals surface area contributed by atoms with Crippen molar-refractivity contribution in [2.24, 2.45) is 0 Å². The maximum Gasteiger partial charge on any atom is 0.153 e. The standard InChI is InChI=1S/C15H22N4/c1-5-16-9-13-10-18-19(15(13)11(2)3)14-8-12(4)6-7-17-14/h6-8,10-11,16H,5,9H2,1-4H3. The molecule has 102 valence electrons. The van der Waals surface area contributed by atoms with Gasteiger partial charge >= 0.3 is 0 Å². The second-order valence-corrected chi connectivity index (χ2v) is 5.09. The highest BCUT2D eigenvalue weighted by Gasteiger charge is 2.15. The second kappa shape index (κ2) is 5.97. The summed E-state index contributed by atoms with van der Waals surface area (Å²) in [6.07, 6.45) is 3.78. The van der Waals surface area contributed by atoms with Crippen molar-refractivity contribution in [3.05, 3.63) is 41.3 Å². The van der Waals surface area contributed by atoms with Gasteiger partial charge in [-0.3, -0.25) is 0 Å². The summed E-state index contributed by atoms with van der Waals surface area (Å²) in [5.74, 6) is 1.31. The van der Waals surface area contributed by atoms with Crippen LogP contribution >= 0.6 is 0 Å². The Hall–Kier alpha value is -1.68. The van der Waals surface area contributed by atoms with E-state index in [0.29, 0.717) is 5.92 Å². The number of aryl methyl sites for hydroxylation is 1. The quantitative estimate of drug-likeness (QED) is 0.896. The summed E-state index contributed by atoms with van der Waals surface area (Å²) in [6.45, 7) is 10.4. The molecule has 2 rings (SSSR count). The van der Waals surface area contributed by atoms with Gasteiger partial charge in [0.2, 0.25) is 0 Å². The van der Waals surface area contributed by atoms with Crippen LogP contribution in [-0.4, -0.2) is 21.3 Å². The van der Waals surface area contributed by atoms with Crippen LogP contribution in [0.1, 0.15) is 43.5 Å². The van der Waals surface area contributed by atoms with E-state index in [2.05, 4.69) is 49.2 Å². The van der Waals surface area contributed by atoms with E-state index >= 15 is 0 Å². The van der Waals surface area contributed by atoms with E-state index in [1.54, 1.807) is 0 Å². The Labute approximate surface area is 114 Å². The van der Waals surface area contributed by atoms with Crippen molar-refractivity contribution in [1.29, 1.82) is 0 Å². The van der Waals surface area contributed by atoms with E-state index in [9.17, 15) is 0 Å². The van der Waals surface area contributed by atoms with Crippen LogP contribution < -0.4 is 5.32 Å². The normalized spacial score (nSPS) is 11.2. The maximum atomic E-state index is 4.52. The zero-order valence-electron chi connectivity index (χ0n) is 12.1. The first-order valence-corrected chi connectivity index (χ1v) is 6.84. The second-order valence-electron chi connectivity index (χ2n) is 5.09. The van der Waals surface area contributed by atoms with Gasteiger partial charge in [0.05, 0.1) is 11.9 Å². The van der Waals surface area contributed by atoms with Crippen molar-refractivity contribution in [1.82, 2.24) is 20.1 Å². The molecule has 0 atom stereocenters. The van der Waals surface area contributed by atoms with Crippen LogP contribution in [0.3, 0.4) is 0 Å². The number of aromatic nitrogens is 3. The largest absolute Gasteiger partial charge is 0.313 e. The Bertz CT molecular complexity index is 543. The van der Waals surface area contributed by atoms with Crippen LogP contribution in [0.15, 0.2) is 24.5 Å². The number of nitrogens with one attached hydrogen (secondary N) is 1. The number of nitrogens with zero attached hydrogens (tertiary/aromatic N) is 3. The molecule has 0 unspecified atom stereocenters. The van der Waals surface area contributed by atoms with E-state index in [1.165, 1.54) is 16.8 Å². The average molecular weight is 258 g/mol. The summed E-state index contributed by atoms with van der Waals surface area (Å²) in [4.78, 5) is 4.43. The van der Waals surface area contributed by atoms with E-state index < -0.39 is 0 Å². The van der Waals surface area contributed by atoms with Crippen molar-refractivity contribution in [3.8, 4) is 5.82 Å². The fourth-order valence-corrected chi connectivity index (χ4v) is 2.22. The molecular formula is C15H22N4. The van der Waals surface area contributed by atoms with Crippen molar-refractivity contribution in [2.75, 3.05) is 6.54 Å². The van der Waals surface area contributed by atoms with Gasteiger partial charge in [0.25, 0.3) is 0 Å². The Morgan fingerprint density at radius 3 is 2.79 bits per heavy atom. The molecule has 0 amide bonds. The fourth-order valence-electron chi connectivity index (χ4n) is 2.22. The topological polar surface area (TPSA) is 42.7 Å². The molecule has 1 N–H and O–H groups in total. The number of hydrogen-bond donors (Lipinski definition) is 1. The smallest absolute Gasteiger partial charge is 0.153 e. The molecule has 0 fully saturated rings. The Balaban J connectivity index is 2.43. The summed E-state index contributed by atoms with van der Waals surface area (Å²) in [5.41, 5.74) is 3.68. The third-order valence-corrected chi connectivity index (χ3v) is 3.12. The molecule has 2 heterocycles. The average Bonchev–Trinajstić information content (AvgIpc) is 2.80. The first-order valence-electron chi connectivity index (χ1n) is 6.84. The predicted octanol–water partition coefficient (Wildman–Crippen LogP) is 2.81. The SMILES string of the molecule is CCNCc1cnn(-c2cc(C)ccn2)c1C(C)C. The first-order chi connectivity index (χ1) is 9.13. The van der Waals surface area contributed by atoms with E-state index in [1.807, 2.05) is 23.1 Å². The van der Waals surface area contributed by atoms with Crippen LogP contribution in [-0.2, 0) is 6.54 Å². The highest BCUT2D eigenvalue weighted by atomic mass is 15.3. The number of rotatable bonds is 5. The zero-order valence-corrected chi connectivity index (χ0v) is 12.1. The molecule has 4 heteroatoms. The molecule has 0 radical (unpaired) electrons. The Morgan fingerprint density at radius 1 is 1.37 bits per heavy atom. The van der Waals surface area contributed by atoms with Crippen molar-refractivity contribution in [2.45, 2.75) is 40.2 Å². The molecule has 0 aliphatic carbocycles. The molecule has 0 aliphatic heterocycles. The van der Waals surface area contributed by atoms with Gasteiger partial charge in [0.15, 0.2) is 5.82 Å². The van der Waals surface area contributed by atoms with Crippen LogP contribution in [0, 0.1) is 6.92 Å². The lowest BCUT2D eigenvalue weighted by Gasteiger charge is -2.12. The molecule has 0 aliphatic rings. The van der Waals surface area contributed by atoms with Gasteiger partial charge in [-0.05, 0) is 37.1 Å². The molecule has 4 nitrogen and oxygen atoms in total. The third kappa shape index (κ3) is 3.01. The molecule has 0 saturated carbocycles. The van der Waals surface area contributed by atoms with E-state index in [0.717, 1.165) is 18.9 Å². The van der Waals surface area contributed by atoms with Gasteiger partial charge in [0, 0.05) is 18.3 Å². The third-order valence-electron chi connectivity index (χ3n) is 3.12. The van der Waals surface area contributed by atoms with Gasteiger partial charge in [-0.15, -0.1) is 0 Å². The van der Waals surface area contributed by atoms with Gasteiger partial charge in [-0.25, -0.2) is 9.67 Å². The molecular weight excluding hydrogens is 236 g/mol. The molecule has 2 aromatic heterocycles. The summed E-state index contributed by atoms with van der Waals surface area (Å²) >= 11 is 0. The minimum absolute atomic E-state index is 0.415. The number of pyridine rings is 1. The molecule has 2 aromatic rings. The first kappa shape index (κ1) is 13.7. The summed E-state index contributed by atoms with van der Waals surface area (Å²) < 4.78 is 1.96. The minimum atomic E-state index is 0.415. The van der Waals surface area contributed by atoms with Crippen molar-refractivity contribution in [3.63, 3.8) is 0 Å². The minimum Gasteiger partial charge on any atom is -0.313 e. The van der Waals surface area contributed by atoms with Gasteiger partial charge < -0.3 is 5.32 Å². The van der Waals surface area contributed by atoms with E-state index in [-0.39, 0.29) is 0 Å². The summed E-state index contributed by atoms with van der Waals surface area (Å²) in [5, 5.41) is 7.88. The lowest BCUT2D eigenvalue weighted by Crippen LogP contribution is -2.14. The van der Waals surface area contributed by atoms with Crippen LogP contribution in [0.25, 0.3) is 5.82 Å². The lowest BCUT2D eigenvalue weighted by atomic mass is 10.1. The highest BCUT2D eigenvalue weighted by molar-refractivity contribution is 5.33. The van der Waals surface area contributed by atoms with Crippen molar-refractivity contribution >= 4 is 0 Å². The number of hydrogen-bond acceptors (Lipinski definition) is 3.